The molecule has 4 aromatic rings. The number of aryl methyl sites for hydroxylation is 1. The van der Waals surface area contributed by atoms with Gasteiger partial charge in [-0.25, -0.2) is 5.01 Å². The molecule has 0 aliphatic carbocycles. The van der Waals surface area contributed by atoms with E-state index < -0.39 is 0 Å². The molecule has 1 N–H and O–H groups in total. The summed E-state index contributed by atoms with van der Waals surface area (Å²) in [6.07, 6.45) is 0.611. The molecule has 0 spiro atoms. The highest BCUT2D eigenvalue weighted by Gasteiger charge is 2.33. The normalized spacial score (nSPS) is 15.3. The van der Waals surface area contributed by atoms with Crippen molar-refractivity contribution in [3.05, 3.63) is 88.0 Å². The van der Waals surface area contributed by atoms with Crippen molar-refractivity contribution in [1.29, 1.82) is 0 Å². The Kier molecular flexibility index (Phi) is 7.07. The number of hydrazone groups is 1. The number of benzene rings is 3. The number of methoxy groups -OCH3 is 2. The fourth-order valence-corrected chi connectivity index (χ4v) is 5.78. The van der Waals surface area contributed by atoms with E-state index in [-0.39, 0.29) is 17.7 Å². The third-order valence-corrected chi connectivity index (χ3v) is 8.04. The first kappa shape index (κ1) is 24.5. The van der Waals surface area contributed by atoms with Gasteiger partial charge in [-0.05, 0) is 48.4 Å². The van der Waals surface area contributed by atoms with Crippen molar-refractivity contribution in [1.82, 2.24) is 9.99 Å². The molecule has 0 fully saturated rings. The molecule has 5 rings (SSSR count). The number of H-pyrrole nitrogens is 1. The maximum Gasteiger partial charge on any atom is 0.253 e. The second-order valence-corrected chi connectivity index (χ2v) is 10.4. The molecule has 1 unspecified atom stereocenters. The maximum absolute atomic E-state index is 13.6. The molecule has 6 nitrogen and oxygen atoms in total. The number of carbonyl (C=O) groups is 1. The number of para-hydroxylation sites is 1. The molecule has 0 saturated heterocycles. The summed E-state index contributed by atoms with van der Waals surface area (Å²) in [7, 11) is 3.23. The van der Waals surface area contributed by atoms with Crippen LogP contribution in [-0.4, -0.2) is 41.6 Å². The Balaban J connectivity index is 1.45. The summed E-state index contributed by atoms with van der Waals surface area (Å²) >= 11 is 5.04. The third-order valence-electron chi connectivity index (χ3n) is 6.31. The smallest absolute Gasteiger partial charge is 0.253 e. The van der Waals surface area contributed by atoms with Crippen molar-refractivity contribution in [3.63, 3.8) is 0 Å². The first-order chi connectivity index (χ1) is 17.5. The van der Waals surface area contributed by atoms with Crippen LogP contribution in [0.3, 0.4) is 0 Å². The number of hydrogen-bond acceptors (Lipinski definition) is 5. The van der Waals surface area contributed by atoms with E-state index in [2.05, 4.69) is 33.0 Å². The van der Waals surface area contributed by atoms with Gasteiger partial charge in [0.05, 0.1) is 31.7 Å². The zero-order valence-corrected chi connectivity index (χ0v) is 22.7. The predicted molar refractivity (Wildman–Crippen MR) is 148 cm³/mol. The molecule has 36 heavy (non-hydrogen) atoms. The predicted octanol–water partition coefficient (Wildman–Crippen LogP) is 6.73. The van der Waals surface area contributed by atoms with Crippen molar-refractivity contribution < 1.29 is 14.3 Å². The van der Waals surface area contributed by atoms with Crippen LogP contribution in [0.5, 0.6) is 11.5 Å². The summed E-state index contributed by atoms with van der Waals surface area (Å²) in [5.74, 6) is 1.51. The summed E-state index contributed by atoms with van der Waals surface area (Å²) in [5.41, 5.74) is 4.96. The van der Waals surface area contributed by atoms with Crippen LogP contribution in [0.1, 0.15) is 29.3 Å². The fourth-order valence-electron chi connectivity index (χ4n) is 4.51. The number of carbonyl (C=O) groups excluding carboxylic acids is 1. The van der Waals surface area contributed by atoms with Gasteiger partial charge in [0.2, 0.25) is 0 Å². The van der Waals surface area contributed by atoms with Gasteiger partial charge in [-0.3, -0.25) is 4.79 Å². The lowest BCUT2D eigenvalue weighted by molar-refractivity contribution is -0.130. The lowest BCUT2D eigenvalue weighted by atomic mass is 9.98. The molecule has 1 aromatic heterocycles. The summed E-state index contributed by atoms with van der Waals surface area (Å²) in [4.78, 5) is 18.1. The van der Waals surface area contributed by atoms with Crippen LogP contribution < -0.4 is 9.47 Å². The van der Waals surface area contributed by atoms with Crippen LogP contribution in [-0.2, 0) is 4.79 Å². The van der Waals surface area contributed by atoms with Crippen molar-refractivity contribution in [2.24, 2.45) is 5.10 Å². The number of nitrogens with zero attached hydrogens (tertiary/aromatic N) is 2. The molecule has 8 heteroatoms. The average molecular weight is 565 g/mol. The van der Waals surface area contributed by atoms with Crippen LogP contribution in [0.2, 0.25) is 0 Å². The van der Waals surface area contributed by atoms with Gasteiger partial charge in [-0.2, -0.15) is 5.10 Å². The van der Waals surface area contributed by atoms with E-state index in [9.17, 15) is 4.79 Å². The Morgan fingerprint density at radius 2 is 1.83 bits per heavy atom. The molecule has 184 valence electrons. The molecule has 1 atom stereocenters. The molecule has 1 aliphatic rings. The van der Waals surface area contributed by atoms with Gasteiger partial charge in [0, 0.05) is 32.4 Å². The number of halogens is 1. The van der Waals surface area contributed by atoms with Crippen LogP contribution in [0.15, 0.2) is 81.2 Å². The summed E-state index contributed by atoms with van der Waals surface area (Å²) in [6.45, 7) is 2.04. The van der Waals surface area contributed by atoms with Gasteiger partial charge in [0.1, 0.15) is 0 Å². The number of fused-ring (bicyclic) bond motifs is 1. The molecule has 0 saturated carbocycles. The maximum atomic E-state index is 13.6. The molecule has 3 aromatic carbocycles. The van der Waals surface area contributed by atoms with E-state index in [1.807, 2.05) is 61.5 Å². The minimum absolute atomic E-state index is 0.0448. The monoisotopic (exact) mass is 563 g/mol. The standard InChI is InChI=1S/C28H26BrN3O3S/c1-17-28(21-6-4-5-7-22(21)30-17)36-16-27(33)32-24(19-10-13-25(34-2)26(14-19)35-3)15-23(31-32)18-8-11-20(29)12-9-18/h4-14,24,30H,15-16H2,1-3H3. The molecular weight excluding hydrogens is 538 g/mol. The molecule has 2 heterocycles. The Morgan fingerprint density at radius 1 is 1.08 bits per heavy atom. The average Bonchev–Trinajstić information content (AvgIpc) is 3.48. The van der Waals surface area contributed by atoms with Crippen molar-refractivity contribution in [2.45, 2.75) is 24.3 Å². The van der Waals surface area contributed by atoms with E-state index in [0.717, 1.165) is 42.8 Å². The van der Waals surface area contributed by atoms with Gasteiger partial charge in [0.25, 0.3) is 5.91 Å². The Labute approximate surface area is 222 Å². The SMILES string of the molecule is COc1ccc(C2CC(c3ccc(Br)cc3)=NN2C(=O)CSc2c(C)[nH]c3ccccc23)cc1OC. The first-order valence-corrected chi connectivity index (χ1v) is 13.3. The fraction of sp³-hybridized carbons (Fsp3) is 0.214. The lowest BCUT2D eigenvalue weighted by Crippen LogP contribution is -2.28. The highest BCUT2D eigenvalue weighted by molar-refractivity contribution is 9.10. The molecule has 0 radical (unpaired) electrons. The van der Waals surface area contributed by atoms with Gasteiger partial charge in [-0.15, -0.1) is 11.8 Å². The first-order valence-electron chi connectivity index (χ1n) is 11.6. The van der Waals surface area contributed by atoms with E-state index in [4.69, 9.17) is 14.6 Å². The number of nitrogens with one attached hydrogen (secondary N) is 1. The van der Waals surface area contributed by atoms with Crippen LogP contribution in [0.25, 0.3) is 10.9 Å². The highest BCUT2D eigenvalue weighted by atomic mass is 79.9. The zero-order chi connectivity index (χ0) is 25.2. The number of aromatic nitrogens is 1. The van der Waals surface area contributed by atoms with E-state index in [0.29, 0.717) is 17.9 Å². The van der Waals surface area contributed by atoms with Crippen molar-refractivity contribution in [2.75, 3.05) is 20.0 Å². The Hall–Kier alpha value is -3.23. The van der Waals surface area contributed by atoms with Gasteiger partial charge < -0.3 is 14.5 Å². The van der Waals surface area contributed by atoms with Crippen LogP contribution >= 0.6 is 27.7 Å². The summed E-state index contributed by atoms with van der Waals surface area (Å²) in [5, 5.41) is 7.58. The minimum Gasteiger partial charge on any atom is -0.493 e. The van der Waals surface area contributed by atoms with Gasteiger partial charge in [-0.1, -0.05) is 52.3 Å². The van der Waals surface area contributed by atoms with Gasteiger partial charge in [0.15, 0.2) is 11.5 Å². The minimum atomic E-state index is -0.236. The van der Waals surface area contributed by atoms with Crippen LogP contribution in [0.4, 0.5) is 0 Å². The zero-order valence-electron chi connectivity index (χ0n) is 20.2. The highest BCUT2D eigenvalue weighted by Crippen LogP contribution is 2.38. The van der Waals surface area contributed by atoms with E-state index in [1.54, 1.807) is 31.0 Å². The summed E-state index contributed by atoms with van der Waals surface area (Å²) < 4.78 is 11.9. The van der Waals surface area contributed by atoms with E-state index in [1.165, 1.54) is 0 Å². The van der Waals surface area contributed by atoms with Crippen LogP contribution in [0, 0.1) is 6.92 Å². The molecular formula is C28H26BrN3O3S. The van der Waals surface area contributed by atoms with Gasteiger partial charge >= 0.3 is 0 Å². The third kappa shape index (κ3) is 4.75. The Morgan fingerprint density at radius 3 is 2.58 bits per heavy atom. The molecule has 1 amide bonds. The number of thioether (sulfide) groups is 1. The molecule has 0 bridgehead atoms. The number of amides is 1. The second kappa shape index (κ2) is 10.4. The summed E-state index contributed by atoms with van der Waals surface area (Å²) in [6, 6.07) is 21.7. The van der Waals surface area contributed by atoms with E-state index >= 15 is 0 Å². The largest absolute Gasteiger partial charge is 0.493 e. The lowest BCUT2D eigenvalue weighted by Gasteiger charge is -2.23. The number of ether oxygens (including phenoxy) is 2. The number of aromatic amines is 1. The van der Waals surface area contributed by atoms with Crippen molar-refractivity contribution in [3.8, 4) is 11.5 Å². The Bertz CT molecular complexity index is 1450. The topological polar surface area (TPSA) is 66.9 Å². The number of rotatable bonds is 7. The number of hydrogen-bond donors (Lipinski definition) is 1. The molecule has 1 aliphatic heterocycles. The quantitative estimate of drug-likeness (QED) is 0.253. The second-order valence-electron chi connectivity index (χ2n) is 8.54. The van der Waals surface area contributed by atoms with Crippen molar-refractivity contribution >= 4 is 50.2 Å².